The van der Waals surface area contributed by atoms with Gasteiger partial charge in [0.15, 0.2) is 23.1 Å². The summed E-state index contributed by atoms with van der Waals surface area (Å²) in [5.74, 6) is -1.04. The highest BCUT2D eigenvalue weighted by atomic mass is 19.2. The van der Waals surface area contributed by atoms with Gasteiger partial charge in [0, 0.05) is 11.1 Å². The second-order valence-corrected chi connectivity index (χ2v) is 17.6. The van der Waals surface area contributed by atoms with Gasteiger partial charge in [-0.25, -0.2) is 8.78 Å². The van der Waals surface area contributed by atoms with Crippen LogP contribution in [0.25, 0.3) is 22.3 Å². The van der Waals surface area contributed by atoms with Crippen LogP contribution in [0.1, 0.15) is 172 Å². The summed E-state index contributed by atoms with van der Waals surface area (Å²) in [5.41, 5.74) is 4.40. The van der Waals surface area contributed by atoms with E-state index in [0.29, 0.717) is 35.8 Å². The van der Waals surface area contributed by atoms with Gasteiger partial charge in [0.1, 0.15) is 0 Å². The minimum absolute atomic E-state index is 0.0743. The Morgan fingerprint density at radius 3 is 1.15 bits per heavy atom. The quantitative estimate of drug-likeness (QED) is 0.0581. The number of hydrogen-bond acceptors (Lipinski definition) is 2. The van der Waals surface area contributed by atoms with Crippen molar-refractivity contribution in [2.45, 2.75) is 161 Å². The van der Waals surface area contributed by atoms with Crippen molar-refractivity contribution in [3.63, 3.8) is 0 Å². The largest absolute Gasteiger partial charge is 0.490 e. The first-order valence-electron chi connectivity index (χ1n) is 23.3. The normalized spacial score (nSPS) is 19.5. The lowest BCUT2D eigenvalue weighted by Crippen LogP contribution is -2.13. The van der Waals surface area contributed by atoms with Gasteiger partial charge < -0.3 is 9.47 Å². The Labute approximate surface area is 352 Å². The van der Waals surface area contributed by atoms with E-state index in [1.807, 2.05) is 24.3 Å². The van der Waals surface area contributed by atoms with E-state index < -0.39 is 23.3 Å². The summed E-state index contributed by atoms with van der Waals surface area (Å²) in [5, 5.41) is 0. The second-order valence-electron chi connectivity index (χ2n) is 17.6. The van der Waals surface area contributed by atoms with E-state index in [1.54, 1.807) is 12.1 Å². The van der Waals surface area contributed by atoms with Crippen molar-refractivity contribution in [2.24, 2.45) is 11.8 Å². The molecule has 4 aromatic carbocycles. The molecule has 0 aliphatic heterocycles. The van der Waals surface area contributed by atoms with Gasteiger partial charge in [0.2, 0.25) is 11.6 Å². The maximum absolute atomic E-state index is 15.2. The van der Waals surface area contributed by atoms with E-state index in [9.17, 15) is 0 Å². The summed E-state index contributed by atoms with van der Waals surface area (Å²) in [4.78, 5) is 0. The smallest absolute Gasteiger partial charge is 0.201 e. The molecule has 6 heteroatoms. The zero-order chi connectivity index (χ0) is 41.4. The van der Waals surface area contributed by atoms with E-state index in [0.717, 1.165) is 31.1 Å². The van der Waals surface area contributed by atoms with Crippen LogP contribution in [-0.4, -0.2) is 13.2 Å². The molecule has 320 valence electrons. The summed E-state index contributed by atoms with van der Waals surface area (Å²) < 4.78 is 71.7. The Morgan fingerprint density at radius 2 is 0.780 bits per heavy atom. The monoisotopic (exact) mass is 813 g/mol. The molecule has 0 unspecified atom stereocenters. The predicted molar refractivity (Wildman–Crippen MR) is 235 cm³/mol. The van der Waals surface area contributed by atoms with Gasteiger partial charge in [0.05, 0.1) is 13.2 Å². The van der Waals surface area contributed by atoms with Crippen molar-refractivity contribution in [2.75, 3.05) is 13.2 Å². The van der Waals surface area contributed by atoms with Crippen LogP contribution in [-0.2, 0) is 0 Å². The molecular weight excluding hydrogens is 745 g/mol. The molecule has 0 N–H and O–H groups in total. The Balaban J connectivity index is 0.862. The molecule has 0 spiro atoms. The maximum Gasteiger partial charge on any atom is 0.201 e. The Kier molecular flexibility index (Phi) is 17.6. The Morgan fingerprint density at radius 1 is 0.407 bits per heavy atom. The Bertz CT molecular complexity index is 1700. The van der Waals surface area contributed by atoms with Crippen molar-refractivity contribution < 1.29 is 27.0 Å². The summed E-state index contributed by atoms with van der Waals surface area (Å²) in [6.07, 6.45) is 24.4. The molecule has 0 atom stereocenters. The Hall–Kier alpha value is -3.80. The van der Waals surface area contributed by atoms with Gasteiger partial charge in [-0.2, -0.15) is 8.78 Å². The molecule has 0 bridgehead atoms. The first-order chi connectivity index (χ1) is 28.9. The molecule has 0 amide bonds. The molecule has 2 fully saturated rings. The third-order valence-electron chi connectivity index (χ3n) is 13.4. The standard InChI is InChI=1S/C53H68F4O2/c1-3-5-10-14-38-16-20-40(21-17-38)42-24-28-44(29-25-42)46-32-34-48(52(56)50(46)54)58-36-12-8-7-9-13-37-59-49-35-33-47(51(55)53(49)57)45-30-26-43(27-31-45)41-22-18-39(19-23-41)15-11-6-4-2/h24-35,38-41H,3-23,36-37H2,1-2H3. The third-order valence-corrected chi connectivity index (χ3v) is 13.4. The minimum Gasteiger partial charge on any atom is -0.490 e. The average Bonchev–Trinajstić information content (AvgIpc) is 3.27. The highest BCUT2D eigenvalue weighted by Gasteiger charge is 2.24. The molecular formula is C53H68F4O2. The summed E-state index contributed by atoms with van der Waals surface area (Å²) >= 11 is 0. The van der Waals surface area contributed by atoms with Crippen LogP contribution in [0.15, 0.2) is 72.8 Å². The van der Waals surface area contributed by atoms with Crippen LogP contribution in [0.3, 0.4) is 0 Å². The van der Waals surface area contributed by atoms with Crippen LogP contribution >= 0.6 is 0 Å². The summed E-state index contributed by atoms with van der Waals surface area (Å²) in [6.45, 7) is 5.07. The second kappa shape index (κ2) is 23.3. The number of halogens is 4. The molecule has 2 saturated carbocycles. The van der Waals surface area contributed by atoms with Crippen molar-refractivity contribution in [3.05, 3.63) is 107 Å². The van der Waals surface area contributed by atoms with Gasteiger partial charge in [-0.1, -0.05) is 133 Å². The number of unbranched alkanes of at least 4 members (excludes halogenated alkanes) is 8. The predicted octanol–water partition coefficient (Wildman–Crippen LogP) is 16.7. The number of ether oxygens (including phenoxy) is 2. The van der Waals surface area contributed by atoms with Crippen LogP contribution < -0.4 is 9.47 Å². The SMILES string of the molecule is CCCCCC1CCC(c2ccc(-c3ccc(OCCCCCCCOc4ccc(-c5ccc(C6CCC(CCCCC)CC6)cc5)c(F)c4F)c(F)c3F)cc2)CC1. The molecule has 0 radical (unpaired) electrons. The maximum atomic E-state index is 15.2. The van der Waals surface area contributed by atoms with E-state index in [1.165, 1.54) is 126 Å². The fourth-order valence-corrected chi connectivity index (χ4v) is 9.64. The van der Waals surface area contributed by atoms with Crippen LogP contribution in [0.5, 0.6) is 11.5 Å². The third kappa shape index (κ3) is 12.6. The number of rotatable bonds is 22. The average molecular weight is 813 g/mol. The van der Waals surface area contributed by atoms with E-state index >= 15 is 17.6 Å². The lowest BCUT2D eigenvalue weighted by atomic mass is 9.77. The van der Waals surface area contributed by atoms with Gasteiger partial charge >= 0.3 is 0 Å². The van der Waals surface area contributed by atoms with E-state index in [-0.39, 0.29) is 35.8 Å². The van der Waals surface area contributed by atoms with E-state index in [2.05, 4.69) is 38.1 Å². The van der Waals surface area contributed by atoms with Crippen molar-refractivity contribution in [1.29, 1.82) is 0 Å². The van der Waals surface area contributed by atoms with Crippen molar-refractivity contribution >= 4 is 0 Å². The fraction of sp³-hybridized carbons (Fsp3) is 0.547. The molecule has 0 heterocycles. The molecule has 6 rings (SSSR count). The van der Waals surface area contributed by atoms with Crippen molar-refractivity contribution in [3.8, 4) is 33.8 Å². The highest BCUT2D eigenvalue weighted by molar-refractivity contribution is 5.66. The fourth-order valence-electron chi connectivity index (χ4n) is 9.64. The molecule has 59 heavy (non-hydrogen) atoms. The van der Waals surface area contributed by atoms with E-state index in [4.69, 9.17) is 9.47 Å². The molecule has 4 aromatic rings. The minimum atomic E-state index is -0.958. The number of hydrogen-bond donors (Lipinski definition) is 0. The van der Waals surface area contributed by atoms with Crippen LogP contribution in [0.2, 0.25) is 0 Å². The molecule has 0 aromatic heterocycles. The van der Waals surface area contributed by atoms with Gasteiger partial charge in [-0.3, -0.25) is 0 Å². The highest BCUT2D eigenvalue weighted by Crippen LogP contribution is 2.40. The summed E-state index contributed by atoms with van der Waals surface area (Å²) in [7, 11) is 0. The lowest BCUT2D eigenvalue weighted by molar-refractivity contribution is 0.276. The first-order valence-corrected chi connectivity index (χ1v) is 23.3. The van der Waals surface area contributed by atoms with Gasteiger partial charge in [-0.15, -0.1) is 0 Å². The topological polar surface area (TPSA) is 18.5 Å². The van der Waals surface area contributed by atoms with Crippen molar-refractivity contribution in [1.82, 2.24) is 0 Å². The number of benzene rings is 4. The lowest BCUT2D eigenvalue weighted by Gasteiger charge is -2.29. The first kappa shape index (κ1) is 44.7. The zero-order valence-corrected chi connectivity index (χ0v) is 35.8. The molecule has 2 aliphatic carbocycles. The van der Waals surface area contributed by atoms with Crippen LogP contribution in [0.4, 0.5) is 17.6 Å². The van der Waals surface area contributed by atoms with Gasteiger partial charge in [-0.05, 0) is 134 Å². The zero-order valence-electron chi connectivity index (χ0n) is 35.8. The molecule has 2 nitrogen and oxygen atoms in total. The molecule has 2 aliphatic rings. The molecule has 0 saturated heterocycles. The van der Waals surface area contributed by atoms with Crippen LogP contribution in [0, 0.1) is 35.1 Å². The summed E-state index contributed by atoms with van der Waals surface area (Å²) in [6, 6.07) is 22.2. The van der Waals surface area contributed by atoms with Gasteiger partial charge in [0.25, 0.3) is 0 Å².